The van der Waals surface area contributed by atoms with Crippen molar-refractivity contribution in [2.24, 2.45) is 0 Å². The summed E-state index contributed by atoms with van der Waals surface area (Å²) >= 11 is 3.61. The Kier molecular flexibility index (Phi) is 4.06. The van der Waals surface area contributed by atoms with Crippen LogP contribution in [0.15, 0.2) is 42.7 Å². The summed E-state index contributed by atoms with van der Waals surface area (Å²) in [5.74, 6) is 1.80. The van der Waals surface area contributed by atoms with Crippen molar-refractivity contribution in [2.75, 3.05) is 11.1 Å². The van der Waals surface area contributed by atoms with Crippen molar-refractivity contribution in [3.63, 3.8) is 0 Å². The molecule has 0 saturated heterocycles. The van der Waals surface area contributed by atoms with Crippen LogP contribution in [-0.4, -0.2) is 22.1 Å². The second-order valence-corrected chi connectivity index (χ2v) is 8.77. The van der Waals surface area contributed by atoms with E-state index in [-0.39, 0.29) is 11.8 Å². The van der Waals surface area contributed by atoms with Gasteiger partial charge in [-0.15, -0.1) is 11.3 Å². The molecule has 5 rings (SSSR count). The Labute approximate surface area is 164 Å². The molecule has 0 bridgehead atoms. The first-order chi connectivity index (χ1) is 13.2. The molecule has 4 heterocycles. The van der Waals surface area contributed by atoms with Gasteiger partial charge in [-0.3, -0.25) is 9.59 Å². The first kappa shape index (κ1) is 16.6. The molecule has 0 radical (unpaired) electrons. The molecule has 0 spiro atoms. The predicted molar refractivity (Wildman–Crippen MR) is 109 cm³/mol. The zero-order chi connectivity index (χ0) is 18.4. The van der Waals surface area contributed by atoms with Gasteiger partial charge < -0.3 is 15.2 Å². The molecule has 0 fully saturated rings. The molecule has 0 saturated carbocycles. The normalized spacial score (nSPS) is 15.2. The zero-order valence-corrected chi connectivity index (χ0v) is 16.1. The van der Waals surface area contributed by atoms with E-state index in [4.69, 9.17) is 0 Å². The van der Waals surface area contributed by atoms with Gasteiger partial charge in [0.1, 0.15) is 5.00 Å². The number of benzene rings is 1. The van der Waals surface area contributed by atoms with Crippen LogP contribution in [0.4, 0.5) is 5.69 Å². The minimum Gasteiger partial charge on any atom is -0.348 e. The summed E-state index contributed by atoms with van der Waals surface area (Å²) in [6, 6.07) is 9.46. The highest BCUT2D eigenvalue weighted by Crippen LogP contribution is 2.38. The summed E-state index contributed by atoms with van der Waals surface area (Å²) in [6.07, 6.45) is 4.86. The Morgan fingerprint density at radius 3 is 2.93 bits per heavy atom. The van der Waals surface area contributed by atoms with Crippen molar-refractivity contribution < 1.29 is 9.59 Å². The maximum Gasteiger partial charge on any atom is 0.258 e. The quantitative estimate of drug-likeness (QED) is 0.709. The molecular formula is C20H17N3O2S2. The third kappa shape index (κ3) is 2.87. The number of amides is 2. The summed E-state index contributed by atoms with van der Waals surface area (Å²) in [6.45, 7) is 0.551. The molecule has 2 amide bonds. The predicted octanol–water partition coefficient (Wildman–Crippen LogP) is 3.82. The van der Waals surface area contributed by atoms with Gasteiger partial charge in [0.15, 0.2) is 0 Å². The monoisotopic (exact) mass is 395 g/mol. The van der Waals surface area contributed by atoms with Crippen LogP contribution in [0.1, 0.15) is 36.7 Å². The van der Waals surface area contributed by atoms with Crippen molar-refractivity contribution in [3.05, 3.63) is 69.9 Å². The molecular weight excluding hydrogens is 378 g/mol. The van der Waals surface area contributed by atoms with Crippen molar-refractivity contribution in [1.29, 1.82) is 0 Å². The van der Waals surface area contributed by atoms with E-state index in [1.54, 1.807) is 17.4 Å². The Hall–Kier alpha value is -2.51. The van der Waals surface area contributed by atoms with Crippen LogP contribution in [0.5, 0.6) is 0 Å². The Morgan fingerprint density at radius 2 is 2.07 bits per heavy atom. The number of fused-ring (bicyclic) bond motifs is 2. The van der Waals surface area contributed by atoms with Gasteiger partial charge >= 0.3 is 0 Å². The fraction of sp³-hybridized carbons (Fsp3) is 0.200. The van der Waals surface area contributed by atoms with Gasteiger partial charge in [0, 0.05) is 40.8 Å². The molecule has 1 aromatic carbocycles. The summed E-state index contributed by atoms with van der Waals surface area (Å²) in [5.41, 5.74) is 4.19. The fourth-order valence-corrected chi connectivity index (χ4v) is 6.03. The average Bonchev–Trinajstić information content (AvgIpc) is 3.40. The number of nitrogens with one attached hydrogen (secondary N) is 2. The number of rotatable bonds is 3. The number of thioether (sulfide) groups is 1. The lowest BCUT2D eigenvalue weighted by Gasteiger charge is -2.13. The van der Waals surface area contributed by atoms with Crippen LogP contribution in [0.2, 0.25) is 0 Å². The molecule has 27 heavy (non-hydrogen) atoms. The van der Waals surface area contributed by atoms with Gasteiger partial charge in [-0.2, -0.15) is 11.8 Å². The third-order valence-electron chi connectivity index (χ3n) is 4.92. The third-order valence-corrected chi connectivity index (χ3v) is 7.33. The largest absolute Gasteiger partial charge is 0.348 e. The molecule has 2 aliphatic heterocycles. The molecule has 5 nitrogen and oxygen atoms in total. The van der Waals surface area contributed by atoms with Crippen molar-refractivity contribution >= 4 is 40.6 Å². The van der Waals surface area contributed by atoms with E-state index in [1.165, 1.54) is 10.4 Å². The van der Waals surface area contributed by atoms with E-state index in [9.17, 15) is 9.59 Å². The Morgan fingerprint density at radius 1 is 1.22 bits per heavy atom. The first-order valence-corrected chi connectivity index (χ1v) is 10.8. The van der Waals surface area contributed by atoms with Crippen LogP contribution >= 0.6 is 23.1 Å². The maximum absolute atomic E-state index is 13.2. The van der Waals surface area contributed by atoms with E-state index < -0.39 is 0 Å². The number of anilines is 1. The Balaban J connectivity index is 1.53. The number of carbonyl (C=O) groups excluding carboxylic acids is 2. The SMILES string of the molecule is O=C1NCc2ccc(NC(=O)c3c(-n4cccc4)sc4c3CCSC4)cc21. The van der Waals surface area contributed by atoms with Gasteiger partial charge in [-0.05, 0) is 47.6 Å². The molecule has 0 unspecified atom stereocenters. The second kappa shape index (κ2) is 6.58. The number of hydrogen-bond acceptors (Lipinski definition) is 4. The number of nitrogens with zero attached hydrogens (tertiary/aromatic N) is 1. The molecule has 3 aromatic rings. The van der Waals surface area contributed by atoms with E-state index in [2.05, 4.69) is 10.6 Å². The number of carbonyl (C=O) groups is 2. The van der Waals surface area contributed by atoms with Crippen LogP contribution in [0, 0.1) is 0 Å². The van der Waals surface area contributed by atoms with Gasteiger partial charge in [-0.1, -0.05) is 6.07 Å². The molecule has 0 aliphatic carbocycles. The lowest BCUT2D eigenvalue weighted by atomic mass is 10.1. The van der Waals surface area contributed by atoms with Crippen LogP contribution < -0.4 is 10.6 Å². The summed E-state index contributed by atoms with van der Waals surface area (Å²) in [5, 5.41) is 6.78. The van der Waals surface area contributed by atoms with Crippen LogP contribution in [0.25, 0.3) is 5.00 Å². The van der Waals surface area contributed by atoms with E-state index in [0.29, 0.717) is 17.8 Å². The van der Waals surface area contributed by atoms with Gasteiger partial charge in [0.25, 0.3) is 11.8 Å². The van der Waals surface area contributed by atoms with Gasteiger partial charge in [0.05, 0.1) is 5.56 Å². The summed E-state index contributed by atoms with van der Waals surface area (Å²) < 4.78 is 2.01. The number of aromatic nitrogens is 1. The van der Waals surface area contributed by atoms with Crippen molar-refractivity contribution in [1.82, 2.24) is 9.88 Å². The van der Waals surface area contributed by atoms with Crippen LogP contribution in [0.3, 0.4) is 0 Å². The zero-order valence-electron chi connectivity index (χ0n) is 14.5. The highest BCUT2D eigenvalue weighted by Gasteiger charge is 2.27. The summed E-state index contributed by atoms with van der Waals surface area (Å²) in [4.78, 5) is 26.4. The lowest BCUT2D eigenvalue weighted by Crippen LogP contribution is -2.17. The molecule has 0 atom stereocenters. The number of hydrogen-bond donors (Lipinski definition) is 2. The lowest BCUT2D eigenvalue weighted by molar-refractivity contribution is 0.0964. The number of thiophene rings is 1. The standard InChI is InChI=1S/C20H17N3O2S2/c24-18-15-9-13(4-3-12(15)10-21-18)22-19(25)17-14-5-8-26-11-16(14)27-20(17)23-6-1-2-7-23/h1-4,6-7,9H,5,8,10-11H2,(H,21,24)(H,22,25). The van der Waals surface area contributed by atoms with E-state index in [0.717, 1.165) is 34.1 Å². The first-order valence-electron chi connectivity index (χ1n) is 8.79. The molecule has 7 heteroatoms. The molecule has 2 N–H and O–H groups in total. The smallest absolute Gasteiger partial charge is 0.258 e. The van der Waals surface area contributed by atoms with Crippen LogP contribution in [-0.2, 0) is 18.7 Å². The topological polar surface area (TPSA) is 63.1 Å². The highest BCUT2D eigenvalue weighted by molar-refractivity contribution is 7.98. The molecule has 2 aromatic heterocycles. The molecule has 136 valence electrons. The van der Waals surface area contributed by atoms with E-state index >= 15 is 0 Å². The highest BCUT2D eigenvalue weighted by atomic mass is 32.2. The van der Waals surface area contributed by atoms with Crippen molar-refractivity contribution in [3.8, 4) is 5.00 Å². The fourth-order valence-electron chi connectivity index (χ4n) is 3.59. The van der Waals surface area contributed by atoms with Gasteiger partial charge in [0.2, 0.25) is 0 Å². The van der Waals surface area contributed by atoms with Gasteiger partial charge in [-0.25, -0.2) is 0 Å². The second-order valence-electron chi connectivity index (χ2n) is 6.59. The summed E-state index contributed by atoms with van der Waals surface area (Å²) in [7, 11) is 0. The van der Waals surface area contributed by atoms with E-state index in [1.807, 2.05) is 53.0 Å². The van der Waals surface area contributed by atoms with Crippen molar-refractivity contribution in [2.45, 2.75) is 18.7 Å². The maximum atomic E-state index is 13.2. The average molecular weight is 396 g/mol. The minimum atomic E-state index is -0.110. The minimum absolute atomic E-state index is 0.0842. The Bertz CT molecular complexity index is 1050. The molecule has 2 aliphatic rings.